The maximum Gasteiger partial charge on any atom is 0.270 e. The second-order valence-corrected chi connectivity index (χ2v) is 7.32. The molecule has 3 heterocycles. The van der Waals surface area contributed by atoms with Crippen molar-refractivity contribution in [2.75, 3.05) is 43.2 Å². The van der Waals surface area contributed by atoms with Crippen LogP contribution in [0.5, 0.6) is 0 Å². The summed E-state index contributed by atoms with van der Waals surface area (Å²) in [5, 5.41) is 0.148. The molecule has 2 saturated heterocycles. The molecular formula is C21H21N3O4S. The molecule has 29 heavy (non-hydrogen) atoms. The third-order valence-corrected chi connectivity index (χ3v) is 5.42. The summed E-state index contributed by atoms with van der Waals surface area (Å²) >= 11 is 5.37. The van der Waals surface area contributed by atoms with E-state index in [0.29, 0.717) is 30.5 Å². The first-order valence-corrected chi connectivity index (χ1v) is 9.74. The number of hydrogen-bond acceptors (Lipinski definition) is 6. The van der Waals surface area contributed by atoms with Gasteiger partial charge in [0.15, 0.2) is 11.0 Å². The van der Waals surface area contributed by atoms with E-state index in [1.54, 1.807) is 13.1 Å². The average molecular weight is 411 g/mol. The van der Waals surface area contributed by atoms with Gasteiger partial charge in [0.25, 0.3) is 11.8 Å². The number of carbonyl (C=O) groups is 2. The predicted octanol–water partition coefficient (Wildman–Crippen LogP) is 2.60. The van der Waals surface area contributed by atoms with Gasteiger partial charge in [0, 0.05) is 26.2 Å². The molecule has 0 saturated carbocycles. The van der Waals surface area contributed by atoms with Crippen LogP contribution in [0, 0.1) is 6.92 Å². The van der Waals surface area contributed by atoms with Gasteiger partial charge in [0.2, 0.25) is 0 Å². The molecule has 8 heteroatoms. The third-order valence-electron chi connectivity index (χ3n) is 4.96. The number of morpholine rings is 1. The van der Waals surface area contributed by atoms with Crippen LogP contribution in [0.15, 0.2) is 46.4 Å². The van der Waals surface area contributed by atoms with Crippen molar-refractivity contribution in [3.63, 3.8) is 0 Å². The second-order valence-electron chi connectivity index (χ2n) is 6.96. The molecule has 2 aromatic rings. The molecule has 1 aromatic heterocycles. The third kappa shape index (κ3) is 3.68. The number of benzene rings is 1. The van der Waals surface area contributed by atoms with E-state index in [2.05, 4.69) is 4.90 Å². The van der Waals surface area contributed by atoms with Crippen LogP contribution in [0.3, 0.4) is 0 Å². The van der Waals surface area contributed by atoms with E-state index in [4.69, 9.17) is 21.4 Å². The van der Waals surface area contributed by atoms with Crippen molar-refractivity contribution in [3.05, 3.63) is 53.3 Å². The van der Waals surface area contributed by atoms with Gasteiger partial charge in [-0.1, -0.05) is 17.7 Å². The van der Waals surface area contributed by atoms with Crippen molar-refractivity contribution >= 4 is 46.8 Å². The Morgan fingerprint density at radius 1 is 1.00 bits per heavy atom. The molecule has 0 bridgehead atoms. The summed E-state index contributed by atoms with van der Waals surface area (Å²) in [7, 11) is 1.56. The maximum absolute atomic E-state index is 13.1. The van der Waals surface area contributed by atoms with Gasteiger partial charge in [-0.2, -0.15) is 0 Å². The highest BCUT2D eigenvalue weighted by atomic mass is 32.1. The lowest BCUT2D eigenvalue weighted by Gasteiger charge is -2.34. The predicted molar refractivity (Wildman–Crippen MR) is 114 cm³/mol. The van der Waals surface area contributed by atoms with Crippen molar-refractivity contribution in [1.82, 2.24) is 4.90 Å². The van der Waals surface area contributed by atoms with Gasteiger partial charge < -0.3 is 14.1 Å². The summed E-state index contributed by atoms with van der Waals surface area (Å²) in [6.07, 6.45) is 1.48. The molecule has 2 amide bonds. The van der Waals surface area contributed by atoms with Crippen LogP contribution in [0.4, 0.5) is 11.6 Å². The molecular weight excluding hydrogens is 390 g/mol. The van der Waals surface area contributed by atoms with Gasteiger partial charge in [-0.05, 0) is 43.4 Å². The standard InChI is InChI=1S/C21H21N3O4S/c1-14-3-5-15(6-4-14)24-20(26)17(19(25)22(2)21(24)29)13-16-7-8-18(28-16)23-9-11-27-12-10-23/h3-8,13H,9-12H2,1-2H3/b17-13+. The first-order chi connectivity index (χ1) is 14.0. The van der Waals surface area contributed by atoms with Gasteiger partial charge in [0.1, 0.15) is 11.3 Å². The minimum absolute atomic E-state index is 0.00422. The lowest BCUT2D eigenvalue weighted by Crippen LogP contribution is -2.54. The van der Waals surface area contributed by atoms with Crippen LogP contribution in [-0.4, -0.2) is 55.2 Å². The molecule has 2 aliphatic heterocycles. The molecule has 4 rings (SSSR count). The van der Waals surface area contributed by atoms with Crippen LogP contribution in [0.2, 0.25) is 0 Å². The Hall–Kier alpha value is -2.97. The molecule has 7 nitrogen and oxygen atoms in total. The fourth-order valence-corrected chi connectivity index (χ4v) is 3.55. The van der Waals surface area contributed by atoms with Crippen molar-refractivity contribution in [1.29, 1.82) is 0 Å². The Kier molecular flexibility index (Phi) is 5.21. The summed E-state index contributed by atoms with van der Waals surface area (Å²) < 4.78 is 11.2. The van der Waals surface area contributed by atoms with Crippen molar-refractivity contribution in [3.8, 4) is 0 Å². The van der Waals surface area contributed by atoms with Gasteiger partial charge in [-0.3, -0.25) is 19.4 Å². The number of ether oxygens (including phenoxy) is 1. The molecule has 2 aliphatic rings. The highest BCUT2D eigenvalue weighted by molar-refractivity contribution is 7.80. The van der Waals surface area contributed by atoms with Crippen LogP contribution in [-0.2, 0) is 14.3 Å². The molecule has 1 aromatic carbocycles. The zero-order valence-electron chi connectivity index (χ0n) is 16.3. The van der Waals surface area contributed by atoms with Gasteiger partial charge in [-0.15, -0.1) is 0 Å². The Bertz CT molecular complexity index is 990. The molecule has 0 aliphatic carbocycles. The summed E-state index contributed by atoms with van der Waals surface area (Å²) in [6.45, 7) is 4.72. The highest BCUT2D eigenvalue weighted by Crippen LogP contribution is 2.27. The zero-order valence-corrected chi connectivity index (χ0v) is 17.1. The number of likely N-dealkylation sites (N-methyl/N-ethyl adjacent to an activating group) is 1. The quantitative estimate of drug-likeness (QED) is 0.439. The fourth-order valence-electron chi connectivity index (χ4n) is 3.28. The molecule has 0 unspecified atom stereocenters. The highest BCUT2D eigenvalue weighted by Gasteiger charge is 2.38. The van der Waals surface area contributed by atoms with Crippen LogP contribution < -0.4 is 9.80 Å². The van der Waals surface area contributed by atoms with Crippen LogP contribution >= 0.6 is 12.2 Å². The van der Waals surface area contributed by atoms with Crippen molar-refractivity contribution in [2.24, 2.45) is 0 Å². The minimum Gasteiger partial charge on any atom is -0.441 e. The van der Waals surface area contributed by atoms with Crippen molar-refractivity contribution < 1.29 is 18.7 Å². The number of rotatable bonds is 3. The number of thiocarbonyl (C=S) groups is 1. The Morgan fingerprint density at radius 3 is 2.38 bits per heavy atom. The largest absolute Gasteiger partial charge is 0.441 e. The number of furan rings is 1. The fraction of sp³-hybridized carbons (Fsp3) is 0.286. The molecule has 0 radical (unpaired) electrons. The van der Waals surface area contributed by atoms with Gasteiger partial charge in [0.05, 0.1) is 18.9 Å². The van der Waals surface area contributed by atoms with E-state index in [0.717, 1.165) is 18.7 Å². The van der Waals surface area contributed by atoms with E-state index >= 15 is 0 Å². The number of hydrogen-bond donors (Lipinski definition) is 0. The topological polar surface area (TPSA) is 66.2 Å². The van der Waals surface area contributed by atoms with E-state index in [-0.39, 0.29) is 10.7 Å². The minimum atomic E-state index is -0.466. The Labute approximate surface area is 174 Å². The normalized spacial score (nSPS) is 19.4. The van der Waals surface area contributed by atoms with Gasteiger partial charge in [-0.25, -0.2) is 0 Å². The molecule has 0 N–H and O–H groups in total. The van der Waals surface area contributed by atoms with Crippen LogP contribution in [0.25, 0.3) is 6.08 Å². The monoisotopic (exact) mass is 411 g/mol. The van der Waals surface area contributed by atoms with E-state index in [1.807, 2.05) is 37.3 Å². The molecule has 150 valence electrons. The first kappa shape index (κ1) is 19.4. The lowest BCUT2D eigenvalue weighted by atomic mass is 10.1. The SMILES string of the molecule is Cc1ccc(N2C(=O)/C(=C/c3ccc(N4CCOCC4)o3)C(=O)N(C)C2=S)cc1. The molecule has 0 spiro atoms. The number of amides is 2. The second kappa shape index (κ2) is 7.81. The first-order valence-electron chi connectivity index (χ1n) is 9.33. The average Bonchev–Trinajstić information content (AvgIpc) is 3.21. The Balaban J connectivity index is 1.65. The molecule has 2 fully saturated rings. The summed E-state index contributed by atoms with van der Waals surface area (Å²) in [5.74, 6) is 0.211. The number of nitrogens with zero attached hydrogens (tertiary/aromatic N) is 3. The van der Waals surface area contributed by atoms with E-state index in [9.17, 15) is 9.59 Å². The summed E-state index contributed by atoms with van der Waals surface area (Å²) in [5.41, 5.74) is 1.68. The number of anilines is 2. The van der Waals surface area contributed by atoms with E-state index in [1.165, 1.54) is 15.9 Å². The maximum atomic E-state index is 13.1. The zero-order chi connectivity index (χ0) is 20.5. The van der Waals surface area contributed by atoms with Crippen molar-refractivity contribution in [2.45, 2.75) is 6.92 Å². The lowest BCUT2D eigenvalue weighted by molar-refractivity contribution is -0.127. The summed E-state index contributed by atoms with van der Waals surface area (Å²) in [6, 6.07) is 11.0. The van der Waals surface area contributed by atoms with E-state index < -0.39 is 11.8 Å². The smallest absolute Gasteiger partial charge is 0.270 e. The summed E-state index contributed by atoms with van der Waals surface area (Å²) in [4.78, 5) is 30.6. The molecule has 0 atom stereocenters. The number of aryl methyl sites for hydroxylation is 1. The van der Waals surface area contributed by atoms with Gasteiger partial charge >= 0.3 is 0 Å². The van der Waals surface area contributed by atoms with Crippen LogP contribution in [0.1, 0.15) is 11.3 Å². The Morgan fingerprint density at radius 2 is 1.69 bits per heavy atom. The number of carbonyl (C=O) groups excluding carboxylic acids is 2.